The normalized spacial score (nSPS) is 11.1. The first-order valence-corrected chi connectivity index (χ1v) is 6.29. The average Bonchev–Trinajstić information content (AvgIpc) is 2.72. The number of nitrogens with zero attached hydrogens (tertiary/aromatic N) is 4. The van der Waals surface area contributed by atoms with Gasteiger partial charge in [-0.1, -0.05) is 0 Å². The molecular weight excluding hydrogens is 254 g/mol. The lowest BCUT2D eigenvalue weighted by Crippen LogP contribution is -2.22. The van der Waals surface area contributed by atoms with E-state index >= 15 is 0 Å². The van der Waals surface area contributed by atoms with E-state index in [0.717, 1.165) is 11.4 Å². The van der Waals surface area contributed by atoms with E-state index < -0.39 is 0 Å². The fraction of sp³-hybridized carbons (Fsp3) is 0.214. The summed E-state index contributed by atoms with van der Waals surface area (Å²) < 4.78 is 3.34. The number of aromatic nitrogens is 4. The van der Waals surface area contributed by atoms with Crippen LogP contribution in [0.2, 0.25) is 0 Å². The zero-order chi connectivity index (χ0) is 14.3. The fourth-order valence-electron chi connectivity index (χ4n) is 2.28. The SMILES string of the molecule is Cc1cc(Cn2cnc3ccc(N)cc3c2=O)n(C)n1. The van der Waals surface area contributed by atoms with E-state index in [1.165, 1.54) is 0 Å². The quantitative estimate of drug-likeness (QED) is 0.706. The molecule has 20 heavy (non-hydrogen) atoms. The van der Waals surface area contributed by atoms with Gasteiger partial charge in [0.25, 0.3) is 5.56 Å². The first-order valence-electron chi connectivity index (χ1n) is 6.29. The Labute approximate surface area is 115 Å². The number of hydrogen-bond acceptors (Lipinski definition) is 4. The number of nitrogen functional groups attached to an aromatic ring is 1. The summed E-state index contributed by atoms with van der Waals surface area (Å²) in [4.78, 5) is 16.7. The Morgan fingerprint density at radius 2 is 2.10 bits per heavy atom. The van der Waals surface area contributed by atoms with Gasteiger partial charge in [-0.05, 0) is 31.2 Å². The largest absolute Gasteiger partial charge is 0.399 e. The molecule has 2 N–H and O–H groups in total. The van der Waals surface area contributed by atoms with Gasteiger partial charge in [-0.25, -0.2) is 4.98 Å². The van der Waals surface area contributed by atoms with E-state index in [1.807, 2.05) is 20.0 Å². The van der Waals surface area contributed by atoms with E-state index in [4.69, 9.17) is 5.73 Å². The van der Waals surface area contributed by atoms with E-state index in [-0.39, 0.29) is 5.56 Å². The third-order valence-corrected chi connectivity index (χ3v) is 3.28. The van der Waals surface area contributed by atoms with Crippen LogP contribution >= 0.6 is 0 Å². The Kier molecular flexibility index (Phi) is 2.78. The molecule has 0 radical (unpaired) electrons. The van der Waals surface area contributed by atoms with Gasteiger partial charge < -0.3 is 5.73 Å². The molecule has 2 aromatic heterocycles. The second-order valence-corrected chi connectivity index (χ2v) is 4.85. The maximum Gasteiger partial charge on any atom is 0.261 e. The molecule has 2 heterocycles. The number of rotatable bonds is 2. The van der Waals surface area contributed by atoms with Crippen LogP contribution in [0.25, 0.3) is 10.9 Å². The van der Waals surface area contributed by atoms with Gasteiger partial charge in [0.05, 0.1) is 35.2 Å². The molecule has 0 aliphatic carbocycles. The van der Waals surface area contributed by atoms with Gasteiger partial charge in [-0.15, -0.1) is 0 Å². The van der Waals surface area contributed by atoms with Gasteiger partial charge >= 0.3 is 0 Å². The molecule has 0 fully saturated rings. The highest BCUT2D eigenvalue weighted by Gasteiger charge is 2.08. The molecule has 6 nitrogen and oxygen atoms in total. The van der Waals surface area contributed by atoms with Crippen molar-refractivity contribution >= 4 is 16.6 Å². The number of aryl methyl sites for hydroxylation is 2. The predicted molar refractivity (Wildman–Crippen MR) is 77.5 cm³/mol. The summed E-state index contributed by atoms with van der Waals surface area (Å²) >= 11 is 0. The average molecular weight is 269 g/mol. The molecule has 0 aliphatic rings. The molecule has 3 aromatic rings. The van der Waals surface area contributed by atoms with Crippen LogP contribution in [-0.4, -0.2) is 19.3 Å². The van der Waals surface area contributed by atoms with Gasteiger partial charge in [0.15, 0.2) is 0 Å². The van der Waals surface area contributed by atoms with Gasteiger partial charge in [0, 0.05) is 12.7 Å². The molecule has 3 rings (SSSR count). The molecule has 6 heteroatoms. The highest BCUT2D eigenvalue weighted by Crippen LogP contribution is 2.11. The summed E-state index contributed by atoms with van der Waals surface area (Å²) in [5.41, 5.74) is 8.73. The first-order chi connectivity index (χ1) is 9.54. The second kappa shape index (κ2) is 4.48. The summed E-state index contributed by atoms with van der Waals surface area (Å²) in [7, 11) is 1.86. The summed E-state index contributed by atoms with van der Waals surface area (Å²) in [6, 6.07) is 7.11. The highest BCUT2D eigenvalue weighted by atomic mass is 16.1. The summed E-state index contributed by atoms with van der Waals surface area (Å²) in [6.45, 7) is 2.36. The summed E-state index contributed by atoms with van der Waals surface area (Å²) in [5.74, 6) is 0. The third kappa shape index (κ3) is 2.05. The zero-order valence-electron chi connectivity index (χ0n) is 11.4. The molecule has 0 aliphatic heterocycles. The van der Waals surface area contributed by atoms with Crippen LogP contribution in [0.5, 0.6) is 0 Å². The van der Waals surface area contributed by atoms with Crippen LogP contribution in [0.1, 0.15) is 11.4 Å². The van der Waals surface area contributed by atoms with Crippen molar-refractivity contribution in [3.63, 3.8) is 0 Å². The predicted octanol–water partition coefficient (Wildman–Crippen LogP) is 1.07. The molecule has 0 amide bonds. The van der Waals surface area contributed by atoms with Crippen LogP contribution in [-0.2, 0) is 13.6 Å². The van der Waals surface area contributed by atoms with Crippen LogP contribution < -0.4 is 11.3 Å². The minimum atomic E-state index is -0.0962. The zero-order valence-corrected chi connectivity index (χ0v) is 11.4. The van der Waals surface area contributed by atoms with Gasteiger partial charge in [-0.2, -0.15) is 5.10 Å². The van der Waals surface area contributed by atoms with Crippen LogP contribution in [0.4, 0.5) is 5.69 Å². The Hall–Kier alpha value is -2.63. The van der Waals surface area contributed by atoms with Gasteiger partial charge in [-0.3, -0.25) is 14.0 Å². The van der Waals surface area contributed by atoms with E-state index in [1.54, 1.807) is 33.8 Å². The number of fused-ring (bicyclic) bond motifs is 1. The van der Waals surface area contributed by atoms with Crippen molar-refractivity contribution in [1.29, 1.82) is 0 Å². The van der Waals surface area contributed by atoms with Crippen molar-refractivity contribution in [2.24, 2.45) is 7.05 Å². The molecule has 0 saturated heterocycles. The number of benzene rings is 1. The molecule has 0 atom stereocenters. The monoisotopic (exact) mass is 269 g/mol. The van der Waals surface area contributed by atoms with Crippen molar-refractivity contribution in [1.82, 2.24) is 19.3 Å². The Morgan fingerprint density at radius 1 is 1.30 bits per heavy atom. The van der Waals surface area contributed by atoms with Crippen LogP contribution in [0.3, 0.4) is 0 Å². The van der Waals surface area contributed by atoms with Crippen LogP contribution in [0.15, 0.2) is 35.4 Å². The lowest BCUT2D eigenvalue weighted by molar-refractivity contribution is 0.648. The van der Waals surface area contributed by atoms with Crippen molar-refractivity contribution in [3.05, 3.63) is 52.3 Å². The number of nitrogens with two attached hydrogens (primary N) is 1. The summed E-state index contributed by atoms with van der Waals surface area (Å²) in [6.07, 6.45) is 1.56. The molecule has 102 valence electrons. The third-order valence-electron chi connectivity index (χ3n) is 3.28. The lowest BCUT2D eigenvalue weighted by Gasteiger charge is -2.07. The van der Waals surface area contributed by atoms with E-state index in [9.17, 15) is 4.79 Å². The van der Waals surface area contributed by atoms with E-state index in [2.05, 4.69) is 10.1 Å². The Bertz CT molecular complexity index is 846. The molecule has 0 unspecified atom stereocenters. The first kappa shape index (κ1) is 12.4. The Morgan fingerprint density at radius 3 is 2.80 bits per heavy atom. The highest BCUT2D eigenvalue weighted by molar-refractivity contribution is 5.80. The minimum absolute atomic E-state index is 0.0962. The molecule has 0 spiro atoms. The van der Waals surface area contributed by atoms with Crippen molar-refractivity contribution < 1.29 is 0 Å². The maximum absolute atomic E-state index is 12.4. The lowest BCUT2D eigenvalue weighted by atomic mass is 10.2. The second-order valence-electron chi connectivity index (χ2n) is 4.85. The van der Waals surface area contributed by atoms with Crippen molar-refractivity contribution in [3.8, 4) is 0 Å². The molecule has 0 bridgehead atoms. The molecule has 1 aromatic carbocycles. The van der Waals surface area contributed by atoms with Crippen LogP contribution in [0, 0.1) is 6.92 Å². The van der Waals surface area contributed by atoms with Crippen molar-refractivity contribution in [2.75, 3.05) is 5.73 Å². The van der Waals surface area contributed by atoms with Gasteiger partial charge in [0.1, 0.15) is 0 Å². The Balaban J connectivity index is 2.11. The number of anilines is 1. The molecule has 0 saturated carbocycles. The fourth-order valence-corrected chi connectivity index (χ4v) is 2.28. The van der Waals surface area contributed by atoms with Gasteiger partial charge in [0.2, 0.25) is 0 Å². The smallest absolute Gasteiger partial charge is 0.261 e. The minimum Gasteiger partial charge on any atom is -0.399 e. The molecular formula is C14H15N5O. The van der Waals surface area contributed by atoms with Crippen molar-refractivity contribution in [2.45, 2.75) is 13.5 Å². The number of hydrogen-bond donors (Lipinski definition) is 1. The summed E-state index contributed by atoms with van der Waals surface area (Å²) in [5, 5.41) is 4.81. The van der Waals surface area contributed by atoms with E-state index in [0.29, 0.717) is 23.1 Å². The standard InChI is InChI=1S/C14H15N5O/c1-9-5-11(18(2)17-9)7-19-8-16-13-4-3-10(15)6-12(13)14(19)20/h3-6,8H,7,15H2,1-2H3. The maximum atomic E-state index is 12.4. The topological polar surface area (TPSA) is 78.7 Å².